The molecule has 3 aromatic carbocycles. The van der Waals surface area contributed by atoms with E-state index in [1.54, 1.807) is 22.8 Å². The van der Waals surface area contributed by atoms with Gasteiger partial charge in [0.05, 0.1) is 18.0 Å². The summed E-state index contributed by atoms with van der Waals surface area (Å²) in [7, 11) is 0. The summed E-state index contributed by atoms with van der Waals surface area (Å²) >= 11 is 1.20. The number of nitrogens with zero attached hydrogens (tertiary/aromatic N) is 3. The topological polar surface area (TPSA) is 69.0 Å². The Kier molecular flexibility index (Phi) is 7.04. The Hall–Kier alpha value is -3.65. The molecule has 33 heavy (non-hydrogen) atoms. The minimum absolute atomic E-state index is 0.101. The van der Waals surface area contributed by atoms with Crippen LogP contribution in [0.5, 0.6) is 5.75 Å². The first-order valence-electron chi connectivity index (χ1n) is 10.5. The Morgan fingerprint density at radius 1 is 1.03 bits per heavy atom. The first-order valence-corrected chi connectivity index (χ1v) is 11.5. The molecule has 0 fully saturated rings. The van der Waals surface area contributed by atoms with Gasteiger partial charge in [-0.05, 0) is 61.9 Å². The highest BCUT2D eigenvalue weighted by atomic mass is 32.2. The highest BCUT2D eigenvalue weighted by molar-refractivity contribution is 7.99. The lowest BCUT2D eigenvalue weighted by Crippen LogP contribution is -2.15. The maximum atomic E-state index is 14.7. The second-order valence-corrected chi connectivity index (χ2v) is 8.14. The van der Waals surface area contributed by atoms with Gasteiger partial charge in [0, 0.05) is 11.3 Å². The number of anilines is 1. The van der Waals surface area contributed by atoms with Gasteiger partial charge in [0.15, 0.2) is 11.0 Å². The standard InChI is InChI=1S/C25H23FN4O2S/c1-3-32-19-14-12-18(13-15-19)24-28-29-25(30(24)22-11-7-5-9-20(22)26)33-16-23(31)27-21-10-6-4-8-17(21)2/h4-15H,3,16H2,1-2H3,(H,27,31). The van der Waals surface area contributed by atoms with E-state index >= 15 is 0 Å². The molecule has 0 aliphatic heterocycles. The highest BCUT2D eigenvalue weighted by Gasteiger charge is 2.19. The zero-order valence-electron chi connectivity index (χ0n) is 18.3. The number of para-hydroxylation sites is 2. The number of carbonyl (C=O) groups excluding carboxylic acids is 1. The number of thioether (sulfide) groups is 1. The van der Waals surface area contributed by atoms with Crippen LogP contribution in [0.3, 0.4) is 0 Å². The Labute approximate surface area is 195 Å². The lowest BCUT2D eigenvalue weighted by Gasteiger charge is -2.12. The average Bonchev–Trinajstić information content (AvgIpc) is 3.24. The lowest BCUT2D eigenvalue weighted by atomic mass is 10.2. The molecule has 4 aromatic rings. The fourth-order valence-corrected chi connectivity index (χ4v) is 4.04. The number of nitrogens with one attached hydrogen (secondary N) is 1. The molecule has 6 nitrogen and oxygen atoms in total. The van der Waals surface area contributed by atoms with Gasteiger partial charge < -0.3 is 10.1 Å². The highest BCUT2D eigenvalue weighted by Crippen LogP contribution is 2.30. The third-order valence-corrected chi connectivity index (χ3v) is 5.83. The van der Waals surface area contributed by atoms with Crippen molar-refractivity contribution in [2.45, 2.75) is 19.0 Å². The number of hydrogen-bond acceptors (Lipinski definition) is 5. The SMILES string of the molecule is CCOc1ccc(-c2nnc(SCC(=O)Nc3ccccc3C)n2-c2ccccc2F)cc1. The Morgan fingerprint density at radius 2 is 1.76 bits per heavy atom. The van der Waals surface area contributed by atoms with Gasteiger partial charge in [0.1, 0.15) is 11.6 Å². The molecule has 0 saturated carbocycles. The Morgan fingerprint density at radius 3 is 2.48 bits per heavy atom. The summed E-state index contributed by atoms with van der Waals surface area (Å²) in [5.74, 6) is 0.728. The summed E-state index contributed by atoms with van der Waals surface area (Å²) in [6.45, 7) is 4.41. The quantitative estimate of drug-likeness (QED) is 0.350. The molecule has 0 atom stereocenters. The van der Waals surface area contributed by atoms with Gasteiger partial charge >= 0.3 is 0 Å². The normalized spacial score (nSPS) is 10.8. The number of aromatic nitrogens is 3. The summed E-state index contributed by atoms with van der Waals surface area (Å²) in [6, 6.07) is 21.4. The molecule has 1 amide bonds. The summed E-state index contributed by atoms with van der Waals surface area (Å²) in [6.07, 6.45) is 0. The van der Waals surface area contributed by atoms with Crippen molar-refractivity contribution in [2.75, 3.05) is 17.7 Å². The number of halogens is 1. The maximum absolute atomic E-state index is 14.7. The molecule has 0 radical (unpaired) electrons. The van der Waals surface area contributed by atoms with E-state index in [4.69, 9.17) is 4.74 Å². The third kappa shape index (κ3) is 5.23. The van der Waals surface area contributed by atoms with Crippen molar-refractivity contribution in [3.63, 3.8) is 0 Å². The monoisotopic (exact) mass is 462 g/mol. The molecule has 0 aliphatic carbocycles. The predicted octanol–water partition coefficient (Wildman–Crippen LogP) is 5.51. The van der Waals surface area contributed by atoms with E-state index in [-0.39, 0.29) is 11.7 Å². The molecule has 8 heteroatoms. The zero-order chi connectivity index (χ0) is 23.2. The van der Waals surface area contributed by atoms with Crippen LogP contribution in [0.25, 0.3) is 17.1 Å². The van der Waals surface area contributed by atoms with Gasteiger partial charge in [0.25, 0.3) is 0 Å². The van der Waals surface area contributed by atoms with Crippen LogP contribution in [0.2, 0.25) is 0 Å². The molecular formula is C25H23FN4O2S. The second-order valence-electron chi connectivity index (χ2n) is 7.20. The minimum atomic E-state index is -0.407. The van der Waals surface area contributed by atoms with Crippen LogP contribution >= 0.6 is 11.8 Å². The van der Waals surface area contributed by atoms with Crippen molar-refractivity contribution in [2.24, 2.45) is 0 Å². The molecule has 1 N–H and O–H groups in total. The van der Waals surface area contributed by atoms with Crippen LogP contribution in [-0.4, -0.2) is 33.0 Å². The fraction of sp³-hybridized carbons (Fsp3) is 0.160. The predicted molar refractivity (Wildman–Crippen MR) is 128 cm³/mol. The molecule has 0 unspecified atom stereocenters. The first-order chi connectivity index (χ1) is 16.1. The minimum Gasteiger partial charge on any atom is -0.494 e. The van der Waals surface area contributed by atoms with E-state index in [1.165, 1.54) is 17.8 Å². The van der Waals surface area contributed by atoms with Crippen molar-refractivity contribution in [3.8, 4) is 22.8 Å². The van der Waals surface area contributed by atoms with Crippen LogP contribution < -0.4 is 10.1 Å². The first kappa shape index (κ1) is 22.5. The Bertz CT molecular complexity index is 1260. The maximum Gasteiger partial charge on any atom is 0.234 e. The third-order valence-electron chi connectivity index (χ3n) is 4.90. The number of benzene rings is 3. The van der Waals surface area contributed by atoms with Gasteiger partial charge in [-0.2, -0.15) is 0 Å². The van der Waals surface area contributed by atoms with E-state index in [0.717, 1.165) is 22.6 Å². The van der Waals surface area contributed by atoms with Crippen molar-refractivity contribution in [3.05, 3.63) is 84.2 Å². The van der Waals surface area contributed by atoms with Crippen LogP contribution in [0.15, 0.2) is 78.0 Å². The van der Waals surface area contributed by atoms with Crippen LogP contribution in [0, 0.1) is 12.7 Å². The Balaban J connectivity index is 1.62. The van der Waals surface area contributed by atoms with Crippen LogP contribution in [-0.2, 0) is 4.79 Å². The van der Waals surface area contributed by atoms with Gasteiger partial charge in [-0.1, -0.05) is 42.1 Å². The van der Waals surface area contributed by atoms with E-state index in [9.17, 15) is 9.18 Å². The molecule has 1 heterocycles. The fourth-order valence-electron chi connectivity index (χ4n) is 3.30. The van der Waals surface area contributed by atoms with E-state index in [2.05, 4.69) is 15.5 Å². The van der Waals surface area contributed by atoms with Gasteiger partial charge in [0.2, 0.25) is 5.91 Å². The number of rotatable bonds is 8. The summed E-state index contributed by atoms with van der Waals surface area (Å²) in [5.41, 5.74) is 2.80. The number of amides is 1. The molecule has 0 spiro atoms. The van der Waals surface area contributed by atoms with Crippen molar-refractivity contribution >= 4 is 23.4 Å². The molecular weight excluding hydrogens is 439 g/mol. The van der Waals surface area contributed by atoms with Crippen LogP contribution in [0.4, 0.5) is 10.1 Å². The van der Waals surface area contributed by atoms with E-state index < -0.39 is 5.82 Å². The van der Waals surface area contributed by atoms with Crippen molar-refractivity contribution in [1.82, 2.24) is 14.8 Å². The van der Waals surface area contributed by atoms with Gasteiger partial charge in [-0.3, -0.25) is 9.36 Å². The number of ether oxygens (including phenoxy) is 1. The number of aryl methyl sites for hydroxylation is 1. The van der Waals surface area contributed by atoms with E-state index in [1.807, 2.05) is 62.4 Å². The molecule has 168 valence electrons. The summed E-state index contributed by atoms with van der Waals surface area (Å²) in [5, 5.41) is 11.9. The molecule has 0 bridgehead atoms. The van der Waals surface area contributed by atoms with Crippen LogP contribution in [0.1, 0.15) is 12.5 Å². The van der Waals surface area contributed by atoms with Gasteiger partial charge in [-0.25, -0.2) is 4.39 Å². The smallest absolute Gasteiger partial charge is 0.234 e. The second kappa shape index (κ2) is 10.3. The van der Waals surface area contributed by atoms with Crippen molar-refractivity contribution in [1.29, 1.82) is 0 Å². The molecule has 1 aromatic heterocycles. The van der Waals surface area contributed by atoms with Gasteiger partial charge in [-0.15, -0.1) is 10.2 Å². The van der Waals surface area contributed by atoms with E-state index in [0.29, 0.717) is 23.3 Å². The summed E-state index contributed by atoms with van der Waals surface area (Å²) in [4.78, 5) is 12.6. The lowest BCUT2D eigenvalue weighted by molar-refractivity contribution is -0.113. The number of hydrogen-bond donors (Lipinski definition) is 1. The molecule has 0 saturated heterocycles. The zero-order valence-corrected chi connectivity index (χ0v) is 19.1. The largest absolute Gasteiger partial charge is 0.494 e. The molecule has 4 rings (SSSR count). The number of carbonyl (C=O) groups is 1. The molecule has 0 aliphatic rings. The summed E-state index contributed by atoms with van der Waals surface area (Å²) < 4.78 is 21.9. The average molecular weight is 463 g/mol. The van der Waals surface area contributed by atoms with Crippen molar-refractivity contribution < 1.29 is 13.9 Å².